The molecule has 0 radical (unpaired) electrons. The molecule has 0 fully saturated rings. The topological polar surface area (TPSA) is 81.7 Å². The molecule has 25 heavy (non-hydrogen) atoms. The second kappa shape index (κ2) is 8.23. The normalized spacial score (nSPS) is 11.4. The number of methoxy groups -OCH3 is 3. The largest absolute Gasteiger partial charge is 0.493 e. The molecule has 2 rings (SSSR count). The Bertz CT molecular complexity index is 724. The van der Waals surface area contributed by atoms with E-state index in [1.54, 1.807) is 46.7 Å². The second-order valence-electron chi connectivity index (χ2n) is 5.30. The number of ether oxygens (including phenoxy) is 3. The molecular formula is C18H23N3O4. The summed E-state index contributed by atoms with van der Waals surface area (Å²) in [5.41, 5.74) is 1.38. The van der Waals surface area contributed by atoms with Crippen LogP contribution in [0.5, 0.6) is 17.2 Å². The van der Waals surface area contributed by atoms with E-state index in [1.807, 2.05) is 19.1 Å². The van der Waals surface area contributed by atoms with Crippen LogP contribution in [0, 0.1) is 0 Å². The molecular weight excluding hydrogens is 322 g/mol. The SMILES string of the molecule is CNC(=O)c1cccnc1NC(C)c1cc(OC)c(OC)c(OC)c1. The van der Waals surface area contributed by atoms with Crippen LogP contribution >= 0.6 is 0 Å². The molecule has 1 aromatic heterocycles. The fourth-order valence-corrected chi connectivity index (χ4v) is 2.48. The summed E-state index contributed by atoms with van der Waals surface area (Å²) >= 11 is 0. The number of carbonyl (C=O) groups is 1. The number of nitrogens with zero attached hydrogens (tertiary/aromatic N) is 1. The van der Waals surface area contributed by atoms with Gasteiger partial charge in [-0.15, -0.1) is 0 Å². The number of rotatable bonds is 7. The van der Waals surface area contributed by atoms with Gasteiger partial charge in [0.2, 0.25) is 5.75 Å². The number of hydrogen-bond acceptors (Lipinski definition) is 6. The van der Waals surface area contributed by atoms with E-state index in [-0.39, 0.29) is 11.9 Å². The smallest absolute Gasteiger partial charge is 0.254 e. The molecule has 0 saturated carbocycles. The van der Waals surface area contributed by atoms with Crippen LogP contribution in [0.1, 0.15) is 28.9 Å². The molecule has 1 amide bonds. The molecule has 0 bridgehead atoms. The first-order valence-corrected chi connectivity index (χ1v) is 7.79. The lowest BCUT2D eigenvalue weighted by molar-refractivity contribution is 0.0963. The van der Waals surface area contributed by atoms with Gasteiger partial charge in [0.05, 0.1) is 32.9 Å². The van der Waals surface area contributed by atoms with Crippen LogP contribution in [0.3, 0.4) is 0 Å². The van der Waals surface area contributed by atoms with E-state index in [2.05, 4.69) is 15.6 Å². The molecule has 1 atom stereocenters. The number of hydrogen-bond donors (Lipinski definition) is 2. The van der Waals surface area contributed by atoms with Gasteiger partial charge in [0.15, 0.2) is 11.5 Å². The van der Waals surface area contributed by atoms with Crippen molar-refractivity contribution in [2.75, 3.05) is 33.7 Å². The number of amides is 1. The lowest BCUT2D eigenvalue weighted by Gasteiger charge is -2.20. The van der Waals surface area contributed by atoms with Crippen molar-refractivity contribution in [1.82, 2.24) is 10.3 Å². The predicted octanol–water partition coefficient (Wildman–Crippen LogP) is 2.64. The Labute approximate surface area is 147 Å². The lowest BCUT2D eigenvalue weighted by Crippen LogP contribution is -2.21. The van der Waals surface area contributed by atoms with E-state index >= 15 is 0 Å². The molecule has 2 aromatic rings. The van der Waals surface area contributed by atoms with Gasteiger partial charge >= 0.3 is 0 Å². The number of aromatic nitrogens is 1. The van der Waals surface area contributed by atoms with Crippen LogP contribution in [-0.4, -0.2) is 39.3 Å². The van der Waals surface area contributed by atoms with Crippen molar-refractivity contribution in [1.29, 1.82) is 0 Å². The Kier molecular flexibility index (Phi) is 6.05. The Morgan fingerprint density at radius 1 is 1.12 bits per heavy atom. The zero-order chi connectivity index (χ0) is 18.4. The number of benzene rings is 1. The van der Waals surface area contributed by atoms with E-state index in [4.69, 9.17) is 14.2 Å². The maximum atomic E-state index is 12.0. The first-order chi connectivity index (χ1) is 12.0. The van der Waals surface area contributed by atoms with Gasteiger partial charge in [0.1, 0.15) is 5.82 Å². The number of nitrogens with one attached hydrogen (secondary N) is 2. The maximum Gasteiger partial charge on any atom is 0.254 e. The fourth-order valence-electron chi connectivity index (χ4n) is 2.48. The minimum atomic E-state index is -0.201. The van der Waals surface area contributed by atoms with Crippen molar-refractivity contribution >= 4 is 11.7 Å². The molecule has 134 valence electrons. The molecule has 7 heteroatoms. The van der Waals surface area contributed by atoms with Crippen LogP contribution in [0.2, 0.25) is 0 Å². The van der Waals surface area contributed by atoms with Crippen molar-refractivity contribution in [2.24, 2.45) is 0 Å². The van der Waals surface area contributed by atoms with Crippen LogP contribution in [0.4, 0.5) is 5.82 Å². The summed E-state index contributed by atoms with van der Waals surface area (Å²) in [6, 6.07) is 7.02. The van der Waals surface area contributed by atoms with E-state index in [1.165, 1.54) is 0 Å². The lowest BCUT2D eigenvalue weighted by atomic mass is 10.1. The van der Waals surface area contributed by atoms with Gasteiger partial charge in [-0.25, -0.2) is 4.98 Å². The summed E-state index contributed by atoms with van der Waals surface area (Å²) in [5.74, 6) is 1.97. The van der Waals surface area contributed by atoms with Gasteiger partial charge in [0.25, 0.3) is 5.91 Å². The molecule has 7 nitrogen and oxygen atoms in total. The molecule has 0 spiro atoms. The first-order valence-electron chi connectivity index (χ1n) is 7.79. The fraction of sp³-hybridized carbons (Fsp3) is 0.333. The van der Waals surface area contributed by atoms with Gasteiger partial charge < -0.3 is 24.8 Å². The van der Waals surface area contributed by atoms with Gasteiger partial charge in [-0.05, 0) is 36.8 Å². The summed E-state index contributed by atoms with van der Waals surface area (Å²) in [4.78, 5) is 16.3. The first kappa shape index (κ1) is 18.4. The molecule has 1 unspecified atom stereocenters. The van der Waals surface area contributed by atoms with Crippen molar-refractivity contribution in [2.45, 2.75) is 13.0 Å². The maximum absolute atomic E-state index is 12.0. The third-order valence-corrected chi connectivity index (χ3v) is 3.82. The number of anilines is 1. The van der Waals surface area contributed by atoms with Gasteiger partial charge in [-0.3, -0.25) is 4.79 Å². The average Bonchev–Trinajstić information content (AvgIpc) is 2.66. The van der Waals surface area contributed by atoms with Gasteiger partial charge in [-0.2, -0.15) is 0 Å². The Hall–Kier alpha value is -2.96. The molecule has 1 aromatic carbocycles. The monoisotopic (exact) mass is 345 g/mol. The molecule has 1 heterocycles. The summed E-state index contributed by atoms with van der Waals surface area (Å²) in [6.45, 7) is 1.96. The Morgan fingerprint density at radius 3 is 2.28 bits per heavy atom. The standard InChI is InChI=1S/C18H23N3O4/c1-11(21-17-13(18(22)19-2)7-6-8-20-17)12-9-14(23-3)16(25-5)15(10-12)24-4/h6-11H,1-5H3,(H,19,22)(H,20,21). The molecule has 2 N–H and O–H groups in total. The molecule has 0 saturated heterocycles. The Morgan fingerprint density at radius 2 is 1.76 bits per heavy atom. The van der Waals surface area contributed by atoms with Crippen LogP contribution in [0.25, 0.3) is 0 Å². The highest BCUT2D eigenvalue weighted by atomic mass is 16.5. The van der Waals surface area contributed by atoms with Crippen molar-refractivity contribution < 1.29 is 19.0 Å². The minimum absolute atomic E-state index is 0.146. The quantitative estimate of drug-likeness (QED) is 0.803. The van der Waals surface area contributed by atoms with E-state index in [9.17, 15) is 4.79 Å². The molecule has 0 aliphatic rings. The number of pyridine rings is 1. The summed E-state index contributed by atoms with van der Waals surface area (Å²) in [6.07, 6.45) is 1.64. The zero-order valence-electron chi connectivity index (χ0n) is 15.0. The highest BCUT2D eigenvalue weighted by Gasteiger charge is 2.18. The van der Waals surface area contributed by atoms with Crippen molar-refractivity contribution in [3.8, 4) is 17.2 Å². The molecule has 0 aliphatic carbocycles. The van der Waals surface area contributed by atoms with Crippen molar-refractivity contribution in [3.05, 3.63) is 41.6 Å². The minimum Gasteiger partial charge on any atom is -0.493 e. The highest BCUT2D eigenvalue weighted by molar-refractivity contribution is 5.98. The van der Waals surface area contributed by atoms with Crippen LogP contribution in [-0.2, 0) is 0 Å². The predicted molar refractivity (Wildman–Crippen MR) is 95.8 cm³/mol. The van der Waals surface area contributed by atoms with Gasteiger partial charge in [0, 0.05) is 13.2 Å². The third kappa shape index (κ3) is 3.93. The zero-order valence-corrected chi connectivity index (χ0v) is 15.0. The number of carbonyl (C=O) groups excluding carboxylic acids is 1. The second-order valence-corrected chi connectivity index (χ2v) is 5.30. The highest BCUT2D eigenvalue weighted by Crippen LogP contribution is 2.40. The summed E-state index contributed by atoms with van der Waals surface area (Å²) < 4.78 is 16.1. The molecule has 0 aliphatic heterocycles. The third-order valence-electron chi connectivity index (χ3n) is 3.82. The van der Waals surface area contributed by atoms with Crippen LogP contribution in [0.15, 0.2) is 30.5 Å². The van der Waals surface area contributed by atoms with E-state index in [0.717, 1.165) is 5.56 Å². The Balaban J connectivity index is 2.36. The summed E-state index contributed by atoms with van der Waals surface area (Å²) in [7, 11) is 6.29. The van der Waals surface area contributed by atoms with E-state index < -0.39 is 0 Å². The van der Waals surface area contributed by atoms with Crippen molar-refractivity contribution in [3.63, 3.8) is 0 Å². The van der Waals surface area contributed by atoms with Gasteiger partial charge in [-0.1, -0.05) is 0 Å². The average molecular weight is 345 g/mol. The van der Waals surface area contributed by atoms with Crippen LogP contribution < -0.4 is 24.8 Å². The van der Waals surface area contributed by atoms with E-state index in [0.29, 0.717) is 28.6 Å². The summed E-state index contributed by atoms with van der Waals surface area (Å²) in [5, 5.41) is 5.87.